The number of likely N-dealkylation sites (tertiary alicyclic amines) is 1. The van der Waals surface area contributed by atoms with Crippen molar-refractivity contribution in [1.82, 2.24) is 9.80 Å². The Hall–Kier alpha value is -1.26. The molecule has 2 unspecified atom stereocenters. The molecule has 1 saturated heterocycles. The molecular formula is C15H28N2O3. The van der Waals surface area contributed by atoms with E-state index in [9.17, 15) is 14.7 Å². The van der Waals surface area contributed by atoms with Crippen molar-refractivity contribution in [2.45, 2.75) is 71.4 Å². The lowest BCUT2D eigenvalue weighted by Crippen LogP contribution is -2.58. The van der Waals surface area contributed by atoms with Gasteiger partial charge in [-0.1, -0.05) is 20.3 Å². The molecule has 2 amide bonds. The summed E-state index contributed by atoms with van der Waals surface area (Å²) in [6.45, 7) is 9.14. The Morgan fingerprint density at radius 2 is 2.00 bits per heavy atom. The summed E-state index contributed by atoms with van der Waals surface area (Å²) < 4.78 is 0. The van der Waals surface area contributed by atoms with E-state index in [0.29, 0.717) is 25.9 Å². The molecule has 2 atom stereocenters. The van der Waals surface area contributed by atoms with Crippen LogP contribution < -0.4 is 0 Å². The van der Waals surface area contributed by atoms with Crippen molar-refractivity contribution >= 4 is 12.0 Å². The van der Waals surface area contributed by atoms with E-state index in [1.165, 1.54) is 0 Å². The lowest BCUT2D eigenvalue weighted by atomic mass is 9.91. The van der Waals surface area contributed by atoms with E-state index in [1.807, 2.05) is 27.7 Å². The second-order valence-electron chi connectivity index (χ2n) is 5.67. The second-order valence-corrected chi connectivity index (χ2v) is 5.67. The standard InChI is InChI=1S/C15H28N2O3/c1-5-9-15(13(18)19)10-8-11-17(15)14(20)16(7-3)12(4)6-2/h12H,5-11H2,1-4H3,(H,18,19). The average molecular weight is 284 g/mol. The zero-order chi connectivity index (χ0) is 15.3. The summed E-state index contributed by atoms with van der Waals surface area (Å²) in [5.74, 6) is -0.856. The third kappa shape index (κ3) is 2.91. The zero-order valence-corrected chi connectivity index (χ0v) is 13.2. The van der Waals surface area contributed by atoms with Gasteiger partial charge in [-0.25, -0.2) is 9.59 Å². The van der Waals surface area contributed by atoms with Crippen LogP contribution in [0.5, 0.6) is 0 Å². The van der Waals surface area contributed by atoms with E-state index in [4.69, 9.17) is 0 Å². The number of carboxylic acids is 1. The second kappa shape index (κ2) is 6.95. The lowest BCUT2D eigenvalue weighted by molar-refractivity contribution is -0.149. The Kier molecular flexibility index (Phi) is 5.84. The maximum absolute atomic E-state index is 12.8. The molecule has 0 radical (unpaired) electrons. The van der Waals surface area contributed by atoms with E-state index >= 15 is 0 Å². The molecule has 5 nitrogen and oxygen atoms in total. The van der Waals surface area contributed by atoms with Crippen LogP contribution in [-0.2, 0) is 4.79 Å². The molecule has 0 aromatic heterocycles. The van der Waals surface area contributed by atoms with Gasteiger partial charge < -0.3 is 14.9 Å². The predicted octanol–water partition coefficient (Wildman–Crippen LogP) is 2.95. The van der Waals surface area contributed by atoms with Crippen LogP contribution in [-0.4, -0.2) is 51.6 Å². The fourth-order valence-corrected chi connectivity index (χ4v) is 3.17. The monoisotopic (exact) mass is 284 g/mol. The van der Waals surface area contributed by atoms with Crippen molar-refractivity contribution < 1.29 is 14.7 Å². The van der Waals surface area contributed by atoms with Crippen molar-refractivity contribution in [3.8, 4) is 0 Å². The fraction of sp³-hybridized carbons (Fsp3) is 0.867. The van der Waals surface area contributed by atoms with Gasteiger partial charge in [0.05, 0.1) is 0 Å². The third-order valence-corrected chi connectivity index (χ3v) is 4.49. The van der Waals surface area contributed by atoms with Crippen LogP contribution in [0.25, 0.3) is 0 Å². The van der Waals surface area contributed by atoms with Crippen LogP contribution >= 0.6 is 0 Å². The summed E-state index contributed by atoms with van der Waals surface area (Å²) in [5.41, 5.74) is -0.993. The van der Waals surface area contributed by atoms with Gasteiger partial charge in [0.1, 0.15) is 5.54 Å². The molecular weight excluding hydrogens is 256 g/mol. The number of amides is 2. The quantitative estimate of drug-likeness (QED) is 0.815. The van der Waals surface area contributed by atoms with Gasteiger partial charge in [-0.15, -0.1) is 0 Å². The summed E-state index contributed by atoms with van der Waals surface area (Å²) in [5, 5.41) is 9.65. The van der Waals surface area contributed by atoms with Crippen molar-refractivity contribution in [3.05, 3.63) is 0 Å². The normalized spacial score (nSPS) is 23.7. The minimum absolute atomic E-state index is 0.116. The Labute approximate surface area is 121 Å². The summed E-state index contributed by atoms with van der Waals surface area (Å²) in [6, 6.07) is 0.0245. The number of aliphatic carboxylic acids is 1. The highest BCUT2D eigenvalue weighted by molar-refractivity contribution is 5.87. The third-order valence-electron chi connectivity index (χ3n) is 4.49. The highest BCUT2D eigenvalue weighted by Gasteiger charge is 2.50. The SMILES string of the molecule is CCCC1(C(=O)O)CCCN1C(=O)N(CC)C(C)CC. The molecule has 116 valence electrons. The molecule has 1 rings (SSSR count). The van der Waals surface area contributed by atoms with Crippen LogP contribution in [0, 0.1) is 0 Å². The molecule has 20 heavy (non-hydrogen) atoms. The van der Waals surface area contributed by atoms with Crippen molar-refractivity contribution in [2.24, 2.45) is 0 Å². The first kappa shape index (κ1) is 16.8. The van der Waals surface area contributed by atoms with Gasteiger partial charge in [0.2, 0.25) is 0 Å². The highest BCUT2D eigenvalue weighted by atomic mass is 16.4. The molecule has 0 aliphatic carbocycles. The lowest BCUT2D eigenvalue weighted by Gasteiger charge is -2.39. The molecule has 1 fully saturated rings. The molecule has 1 aliphatic rings. The maximum atomic E-state index is 12.8. The number of carboxylic acid groups (broad SMARTS) is 1. The van der Waals surface area contributed by atoms with Gasteiger partial charge in [0.15, 0.2) is 0 Å². The highest BCUT2D eigenvalue weighted by Crippen LogP contribution is 2.35. The number of rotatable bonds is 6. The molecule has 0 aromatic rings. The van der Waals surface area contributed by atoms with Crippen LogP contribution in [0.2, 0.25) is 0 Å². The predicted molar refractivity (Wildman–Crippen MR) is 78.7 cm³/mol. The summed E-state index contributed by atoms with van der Waals surface area (Å²) in [6.07, 6.45) is 3.52. The van der Waals surface area contributed by atoms with Gasteiger partial charge in [0, 0.05) is 19.1 Å². The molecule has 1 N–H and O–H groups in total. The molecule has 0 bridgehead atoms. The number of hydrogen-bond donors (Lipinski definition) is 1. The van der Waals surface area contributed by atoms with Crippen molar-refractivity contribution in [1.29, 1.82) is 0 Å². The smallest absolute Gasteiger partial charge is 0.329 e. The van der Waals surface area contributed by atoms with Crippen LogP contribution in [0.4, 0.5) is 4.79 Å². The van der Waals surface area contributed by atoms with Crippen LogP contribution in [0.1, 0.15) is 59.8 Å². The first-order chi connectivity index (χ1) is 9.44. The Bertz CT molecular complexity index is 359. The first-order valence-electron chi connectivity index (χ1n) is 7.76. The van der Waals surface area contributed by atoms with Gasteiger partial charge in [-0.05, 0) is 39.5 Å². The van der Waals surface area contributed by atoms with Gasteiger partial charge in [0.25, 0.3) is 0 Å². The summed E-state index contributed by atoms with van der Waals surface area (Å²) in [4.78, 5) is 27.9. The Morgan fingerprint density at radius 1 is 1.35 bits per heavy atom. The van der Waals surface area contributed by atoms with Crippen molar-refractivity contribution in [2.75, 3.05) is 13.1 Å². The number of hydrogen-bond acceptors (Lipinski definition) is 2. The van der Waals surface area contributed by atoms with Gasteiger partial charge >= 0.3 is 12.0 Å². The molecule has 5 heteroatoms. The number of carbonyl (C=O) groups is 2. The topological polar surface area (TPSA) is 60.9 Å². The van der Waals surface area contributed by atoms with E-state index in [-0.39, 0.29) is 12.1 Å². The first-order valence-corrected chi connectivity index (χ1v) is 7.76. The number of nitrogens with zero attached hydrogens (tertiary/aromatic N) is 2. The number of urea groups is 1. The van der Waals surface area contributed by atoms with Crippen LogP contribution in [0.15, 0.2) is 0 Å². The minimum atomic E-state index is -0.993. The maximum Gasteiger partial charge on any atom is 0.329 e. The van der Waals surface area contributed by atoms with E-state index in [1.54, 1.807) is 9.80 Å². The van der Waals surface area contributed by atoms with E-state index in [2.05, 4.69) is 0 Å². The Balaban J connectivity index is 3.02. The summed E-state index contributed by atoms with van der Waals surface area (Å²) in [7, 11) is 0. The largest absolute Gasteiger partial charge is 0.479 e. The molecule has 1 aliphatic heterocycles. The summed E-state index contributed by atoms with van der Waals surface area (Å²) >= 11 is 0. The van der Waals surface area contributed by atoms with Gasteiger partial charge in [-0.2, -0.15) is 0 Å². The van der Waals surface area contributed by atoms with E-state index in [0.717, 1.165) is 19.3 Å². The van der Waals surface area contributed by atoms with Crippen molar-refractivity contribution in [3.63, 3.8) is 0 Å². The zero-order valence-electron chi connectivity index (χ0n) is 13.2. The average Bonchev–Trinajstić information content (AvgIpc) is 2.84. The Morgan fingerprint density at radius 3 is 2.45 bits per heavy atom. The molecule has 0 saturated carbocycles. The molecule has 0 spiro atoms. The minimum Gasteiger partial charge on any atom is -0.479 e. The fourth-order valence-electron chi connectivity index (χ4n) is 3.17. The number of carbonyl (C=O) groups excluding carboxylic acids is 1. The molecule has 1 heterocycles. The van der Waals surface area contributed by atoms with E-state index < -0.39 is 11.5 Å². The van der Waals surface area contributed by atoms with Crippen LogP contribution in [0.3, 0.4) is 0 Å². The van der Waals surface area contributed by atoms with Gasteiger partial charge in [-0.3, -0.25) is 0 Å². The molecule has 0 aromatic carbocycles.